The minimum Gasteiger partial charge on any atom is -0.496 e. The van der Waals surface area contributed by atoms with Crippen LogP contribution in [0.4, 0.5) is 4.79 Å². The summed E-state index contributed by atoms with van der Waals surface area (Å²) in [4.78, 5) is 18.9. The summed E-state index contributed by atoms with van der Waals surface area (Å²) in [7, 11) is 1.67. The molecule has 1 saturated heterocycles. The SMILES string of the molecule is CCNC(=NCc1ccccc1OC)N1CCC(NC(=O)OC(C)(C)C)C1. The van der Waals surface area contributed by atoms with E-state index in [1.54, 1.807) is 7.11 Å². The Bertz CT molecular complexity index is 655. The summed E-state index contributed by atoms with van der Waals surface area (Å²) in [5, 5.41) is 6.28. The summed E-state index contributed by atoms with van der Waals surface area (Å²) in [5.74, 6) is 1.68. The molecule has 1 fully saturated rings. The molecule has 150 valence electrons. The van der Waals surface area contributed by atoms with Crippen molar-refractivity contribution in [2.24, 2.45) is 4.99 Å². The van der Waals surface area contributed by atoms with Crippen molar-refractivity contribution in [3.8, 4) is 5.75 Å². The molecule has 0 bridgehead atoms. The number of methoxy groups -OCH3 is 1. The average molecular weight is 377 g/mol. The summed E-state index contributed by atoms with van der Waals surface area (Å²) in [6.07, 6.45) is 0.489. The molecule has 1 aromatic rings. The first-order valence-corrected chi connectivity index (χ1v) is 9.47. The van der Waals surface area contributed by atoms with Crippen molar-refractivity contribution in [1.82, 2.24) is 15.5 Å². The third kappa shape index (κ3) is 6.66. The summed E-state index contributed by atoms with van der Waals surface area (Å²) in [6, 6.07) is 7.94. The number of aliphatic imine (C=N–C) groups is 1. The van der Waals surface area contributed by atoms with Gasteiger partial charge in [-0.3, -0.25) is 0 Å². The second kappa shape index (κ2) is 9.48. The van der Waals surface area contributed by atoms with Gasteiger partial charge in [-0.25, -0.2) is 9.79 Å². The molecule has 1 amide bonds. The van der Waals surface area contributed by atoms with Crippen molar-refractivity contribution in [3.63, 3.8) is 0 Å². The van der Waals surface area contributed by atoms with Gasteiger partial charge in [-0.05, 0) is 40.2 Å². The molecule has 1 heterocycles. The quantitative estimate of drug-likeness (QED) is 0.610. The van der Waals surface area contributed by atoms with E-state index in [1.165, 1.54) is 0 Å². The number of carbonyl (C=O) groups excluding carboxylic acids is 1. The number of benzene rings is 1. The number of alkyl carbamates (subject to hydrolysis) is 1. The van der Waals surface area contributed by atoms with Gasteiger partial charge in [0.25, 0.3) is 0 Å². The standard InChI is InChI=1S/C20H32N4O3/c1-6-21-18(22-13-15-9-7-8-10-17(15)26-5)24-12-11-16(14-24)23-19(25)27-20(2,3)4/h7-10,16H,6,11-14H2,1-5H3,(H,21,22)(H,23,25). The average Bonchev–Trinajstić information content (AvgIpc) is 3.05. The van der Waals surface area contributed by atoms with Gasteiger partial charge in [-0.1, -0.05) is 18.2 Å². The predicted molar refractivity (Wildman–Crippen MR) is 107 cm³/mol. The molecule has 1 atom stereocenters. The Hall–Kier alpha value is -2.44. The van der Waals surface area contributed by atoms with Crippen molar-refractivity contribution in [2.75, 3.05) is 26.7 Å². The van der Waals surface area contributed by atoms with Crippen LogP contribution in [0.15, 0.2) is 29.3 Å². The summed E-state index contributed by atoms with van der Waals surface area (Å²) < 4.78 is 10.7. The zero-order valence-electron chi connectivity index (χ0n) is 17.0. The molecule has 0 radical (unpaired) electrons. The number of amides is 1. The van der Waals surface area contributed by atoms with Crippen molar-refractivity contribution in [3.05, 3.63) is 29.8 Å². The van der Waals surface area contributed by atoms with Crippen molar-refractivity contribution >= 4 is 12.1 Å². The maximum absolute atomic E-state index is 12.0. The largest absolute Gasteiger partial charge is 0.496 e. The fourth-order valence-electron chi connectivity index (χ4n) is 2.96. The fraction of sp³-hybridized carbons (Fsp3) is 0.600. The van der Waals surface area contributed by atoms with Crippen molar-refractivity contribution < 1.29 is 14.3 Å². The van der Waals surface area contributed by atoms with Crippen LogP contribution in [0, 0.1) is 0 Å². The zero-order valence-corrected chi connectivity index (χ0v) is 17.0. The molecule has 1 aliphatic rings. The molecule has 0 saturated carbocycles. The van der Waals surface area contributed by atoms with Crippen LogP contribution >= 0.6 is 0 Å². The second-order valence-electron chi connectivity index (χ2n) is 7.56. The van der Waals surface area contributed by atoms with Gasteiger partial charge in [0.1, 0.15) is 11.4 Å². The number of ether oxygens (including phenoxy) is 2. The number of para-hydroxylation sites is 1. The normalized spacial score (nSPS) is 17.6. The highest BCUT2D eigenvalue weighted by molar-refractivity contribution is 5.80. The third-order valence-electron chi connectivity index (χ3n) is 4.14. The molecule has 0 aliphatic carbocycles. The highest BCUT2D eigenvalue weighted by atomic mass is 16.6. The molecule has 7 heteroatoms. The highest BCUT2D eigenvalue weighted by Gasteiger charge is 2.27. The molecule has 2 N–H and O–H groups in total. The first kappa shape index (κ1) is 20.9. The molecule has 27 heavy (non-hydrogen) atoms. The number of nitrogens with zero attached hydrogens (tertiary/aromatic N) is 2. The number of likely N-dealkylation sites (tertiary alicyclic amines) is 1. The molecule has 2 rings (SSSR count). The van der Waals surface area contributed by atoms with Gasteiger partial charge >= 0.3 is 6.09 Å². The van der Waals surface area contributed by atoms with Gasteiger partial charge in [0.05, 0.1) is 19.7 Å². The molecular formula is C20H32N4O3. The van der Waals surface area contributed by atoms with Gasteiger partial charge < -0.3 is 25.0 Å². The lowest BCUT2D eigenvalue weighted by Gasteiger charge is -2.23. The lowest BCUT2D eigenvalue weighted by molar-refractivity contribution is 0.0507. The second-order valence-corrected chi connectivity index (χ2v) is 7.56. The number of hydrogen-bond donors (Lipinski definition) is 2. The van der Waals surface area contributed by atoms with Crippen LogP contribution in [-0.2, 0) is 11.3 Å². The molecule has 1 unspecified atom stereocenters. The highest BCUT2D eigenvalue weighted by Crippen LogP contribution is 2.19. The zero-order chi connectivity index (χ0) is 19.9. The Balaban J connectivity index is 1.97. The number of nitrogens with one attached hydrogen (secondary N) is 2. The van der Waals surface area contributed by atoms with Crippen LogP contribution < -0.4 is 15.4 Å². The lowest BCUT2D eigenvalue weighted by atomic mass is 10.2. The summed E-state index contributed by atoms with van der Waals surface area (Å²) >= 11 is 0. The first-order chi connectivity index (χ1) is 12.8. The molecule has 1 aromatic carbocycles. The van der Waals surface area contributed by atoms with Crippen LogP contribution in [0.1, 0.15) is 39.7 Å². The third-order valence-corrected chi connectivity index (χ3v) is 4.14. The topological polar surface area (TPSA) is 75.2 Å². The smallest absolute Gasteiger partial charge is 0.407 e. The number of carbonyl (C=O) groups is 1. The van der Waals surface area contributed by atoms with Gasteiger partial charge in [-0.2, -0.15) is 0 Å². The number of hydrogen-bond acceptors (Lipinski definition) is 4. The molecule has 0 aromatic heterocycles. The molecular weight excluding hydrogens is 344 g/mol. The van der Waals surface area contributed by atoms with E-state index in [1.807, 2.05) is 52.0 Å². The summed E-state index contributed by atoms with van der Waals surface area (Å²) in [5.41, 5.74) is 0.547. The van der Waals surface area contributed by atoms with E-state index in [0.29, 0.717) is 13.1 Å². The maximum Gasteiger partial charge on any atom is 0.407 e. The van der Waals surface area contributed by atoms with Crippen LogP contribution in [0.5, 0.6) is 5.75 Å². The lowest BCUT2D eigenvalue weighted by Crippen LogP contribution is -2.44. The number of guanidine groups is 1. The first-order valence-electron chi connectivity index (χ1n) is 9.47. The van der Waals surface area contributed by atoms with E-state index in [9.17, 15) is 4.79 Å². The Kier molecular flexibility index (Phi) is 7.33. The Morgan fingerprint density at radius 2 is 2.07 bits per heavy atom. The van der Waals surface area contributed by atoms with E-state index < -0.39 is 5.60 Å². The molecule has 7 nitrogen and oxygen atoms in total. The van der Waals surface area contributed by atoms with Crippen molar-refractivity contribution in [1.29, 1.82) is 0 Å². The molecule has 0 spiro atoms. The Morgan fingerprint density at radius 3 is 2.74 bits per heavy atom. The van der Waals surface area contributed by atoms with Gasteiger partial charge in [0.2, 0.25) is 0 Å². The van der Waals surface area contributed by atoms with E-state index in [2.05, 4.69) is 15.5 Å². The van der Waals surface area contributed by atoms with Gasteiger partial charge in [0.15, 0.2) is 5.96 Å². The van der Waals surface area contributed by atoms with Crippen LogP contribution in [0.25, 0.3) is 0 Å². The Labute approximate surface area is 162 Å². The van der Waals surface area contributed by atoms with Gasteiger partial charge in [0, 0.05) is 25.2 Å². The van der Waals surface area contributed by atoms with E-state index in [4.69, 9.17) is 14.5 Å². The predicted octanol–water partition coefficient (Wildman–Crippen LogP) is 2.76. The van der Waals surface area contributed by atoms with Crippen LogP contribution in [-0.4, -0.2) is 55.3 Å². The minimum atomic E-state index is -0.493. The monoisotopic (exact) mass is 376 g/mol. The minimum absolute atomic E-state index is 0.0509. The Morgan fingerprint density at radius 1 is 1.33 bits per heavy atom. The van der Waals surface area contributed by atoms with Crippen LogP contribution in [0.3, 0.4) is 0 Å². The van der Waals surface area contributed by atoms with Gasteiger partial charge in [-0.15, -0.1) is 0 Å². The summed E-state index contributed by atoms with van der Waals surface area (Å²) in [6.45, 7) is 10.5. The van der Waals surface area contributed by atoms with E-state index in [-0.39, 0.29) is 12.1 Å². The fourth-order valence-corrected chi connectivity index (χ4v) is 2.96. The van der Waals surface area contributed by atoms with E-state index >= 15 is 0 Å². The molecule has 1 aliphatic heterocycles. The number of rotatable bonds is 5. The van der Waals surface area contributed by atoms with Crippen molar-refractivity contribution in [2.45, 2.75) is 52.3 Å². The maximum atomic E-state index is 12.0. The van der Waals surface area contributed by atoms with Crippen LogP contribution in [0.2, 0.25) is 0 Å². The van der Waals surface area contributed by atoms with E-state index in [0.717, 1.165) is 36.8 Å².